The van der Waals surface area contributed by atoms with Gasteiger partial charge in [0, 0.05) is 18.3 Å². The van der Waals surface area contributed by atoms with Crippen molar-refractivity contribution in [2.45, 2.75) is 33.2 Å². The summed E-state index contributed by atoms with van der Waals surface area (Å²) in [5.74, 6) is 0.110. The van der Waals surface area contributed by atoms with Gasteiger partial charge in [0.1, 0.15) is 0 Å². The van der Waals surface area contributed by atoms with Gasteiger partial charge in [-0.25, -0.2) is 0 Å². The third kappa shape index (κ3) is 7.62. The highest BCUT2D eigenvalue weighted by Gasteiger charge is 2.27. The van der Waals surface area contributed by atoms with E-state index in [2.05, 4.69) is 10.6 Å². The van der Waals surface area contributed by atoms with E-state index in [4.69, 9.17) is 12.2 Å². The van der Waals surface area contributed by atoms with E-state index in [1.165, 1.54) is 4.90 Å². The van der Waals surface area contributed by atoms with Gasteiger partial charge in [0.2, 0.25) is 5.91 Å². The Morgan fingerprint density at radius 1 is 1.21 bits per heavy atom. The third-order valence-electron chi connectivity index (χ3n) is 4.85. The zero-order valence-corrected chi connectivity index (χ0v) is 19.0. The Morgan fingerprint density at radius 2 is 1.83 bits per heavy atom. The number of para-hydroxylation sites is 1. The number of rotatable bonds is 5. The average Bonchev–Trinajstić information content (AvgIpc) is 2.62. The molecule has 1 fully saturated rings. The summed E-state index contributed by atoms with van der Waals surface area (Å²) in [6, 6.07) is 7.91. The minimum Gasteiger partial charge on any atom is -0.347 e. The highest BCUT2D eigenvalue weighted by molar-refractivity contribution is 7.80. The zero-order chi connectivity index (χ0) is 21.6. The highest BCUT2D eigenvalue weighted by atomic mass is 32.1. The second-order valence-electron chi connectivity index (χ2n) is 8.71. The molecule has 0 spiro atoms. The monoisotopic (exact) mass is 420 g/mol. The molecule has 8 heteroatoms. The predicted octanol–water partition coefficient (Wildman–Crippen LogP) is 0.265. The number of carbonyl (C=O) groups is 2. The van der Waals surface area contributed by atoms with Crippen LogP contribution in [0, 0.1) is 6.92 Å². The molecule has 0 bridgehead atoms. The summed E-state index contributed by atoms with van der Waals surface area (Å²) in [6.45, 7) is 11.5. The molecule has 0 aliphatic carbocycles. The molecule has 160 valence electrons. The first kappa shape index (κ1) is 23.1. The largest absolute Gasteiger partial charge is 0.347 e. The van der Waals surface area contributed by atoms with E-state index in [1.807, 2.05) is 63.9 Å². The van der Waals surface area contributed by atoms with E-state index in [0.717, 1.165) is 24.3 Å². The summed E-state index contributed by atoms with van der Waals surface area (Å²) >= 11 is 5.44. The summed E-state index contributed by atoms with van der Waals surface area (Å²) in [4.78, 5) is 29.6. The summed E-state index contributed by atoms with van der Waals surface area (Å²) < 4.78 is 0. The van der Waals surface area contributed by atoms with E-state index in [9.17, 15) is 9.59 Å². The van der Waals surface area contributed by atoms with Crippen molar-refractivity contribution in [2.24, 2.45) is 0 Å². The van der Waals surface area contributed by atoms with Crippen LogP contribution in [-0.2, 0) is 9.59 Å². The molecular formula is C21H34N5O2S+. The molecule has 0 radical (unpaired) electrons. The summed E-state index contributed by atoms with van der Waals surface area (Å²) in [5, 5.41) is 6.72. The van der Waals surface area contributed by atoms with Gasteiger partial charge in [-0.15, -0.1) is 0 Å². The number of anilines is 1. The van der Waals surface area contributed by atoms with Gasteiger partial charge in [-0.3, -0.25) is 9.59 Å². The number of carbonyl (C=O) groups excluding carboxylic acids is 2. The number of hydrogen-bond donors (Lipinski definition) is 3. The van der Waals surface area contributed by atoms with Crippen molar-refractivity contribution in [1.29, 1.82) is 0 Å². The van der Waals surface area contributed by atoms with Gasteiger partial charge in [-0.05, 0) is 51.5 Å². The summed E-state index contributed by atoms with van der Waals surface area (Å²) in [5.41, 5.74) is 1.83. The fourth-order valence-corrected chi connectivity index (χ4v) is 3.41. The molecule has 29 heavy (non-hydrogen) atoms. The molecule has 1 aromatic rings. The van der Waals surface area contributed by atoms with Crippen LogP contribution < -0.4 is 15.5 Å². The number of likely N-dealkylation sites (N-methyl/N-ethyl adjacent to an activating group) is 1. The topological polar surface area (TPSA) is 69.1 Å². The van der Waals surface area contributed by atoms with Gasteiger partial charge in [0.25, 0.3) is 5.91 Å². The SMILES string of the molecule is Cc1ccccc1NC(=S)N(C)CC(=O)N1CC[NH+](CC(=O)NC(C)(C)C)CC1. The molecule has 1 aliphatic rings. The molecule has 1 saturated heterocycles. The lowest BCUT2D eigenvalue weighted by Gasteiger charge is -2.33. The Kier molecular flexibility index (Phi) is 7.98. The highest BCUT2D eigenvalue weighted by Crippen LogP contribution is 2.13. The van der Waals surface area contributed by atoms with Gasteiger partial charge in [0.05, 0.1) is 32.7 Å². The van der Waals surface area contributed by atoms with Crippen molar-refractivity contribution < 1.29 is 14.5 Å². The maximum Gasteiger partial charge on any atom is 0.275 e. The third-order valence-corrected chi connectivity index (χ3v) is 5.27. The smallest absolute Gasteiger partial charge is 0.275 e. The van der Waals surface area contributed by atoms with Crippen molar-refractivity contribution in [3.8, 4) is 0 Å². The van der Waals surface area contributed by atoms with E-state index in [0.29, 0.717) is 24.7 Å². The lowest BCUT2D eigenvalue weighted by molar-refractivity contribution is -0.896. The lowest BCUT2D eigenvalue weighted by Crippen LogP contribution is -3.16. The number of piperazine rings is 1. The molecule has 0 saturated carbocycles. The Hall–Kier alpha value is -2.19. The van der Waals surface area contributed by atoms with Crippen LogP contribution in [0.2, 0.25) is 0 Å². The van der Waals surface area contributed by atoms with Crippen LogP contribution in [-0.4, -0.2) is 78.6 Å². The predicted molar refractivity (Wildman–Crippen MR) is 120 cm³/mol. The molecule has 0 atom stereocenters. The van der Waals surface area contributed by atoms with Gasteiger partial charge in [-0.2, -0.15) is 0 Å². The zero-order valence-electron chi connectivity index (χ0n) is 18.2. The first-order valence-electron chi connectivity index (χ1n) is 10.1. The summed E-state index contributed by atoms with van der Waals surface area (Å²) in [7, 11) is 1.82. The minimum absolute atomic E-state index is 0.0552. The fourth-order valence-electron chi connectivity index (χ4n) is 3.24. The molecule has 2 rings (SSSR count). The van der Waals surface area contributed by atoms with Crippen LogP contribution in [0.4, 0.5) is 5.69 Å². The fraction of sp³-hybridized carbons (Fsp3) is 0.571. The second kappa shape index (κ2) is 10.0. The number of benzene rings is 1. The van der Waals surface area contributed by atoms with Crippen LogP contribution in [0.5, 0.6) is 0 Å². The standard InChI is InChI=1S/C21H33N5O2S/c1-16-8-6-7-9-17(16)22-20(29)24(5)15-19(28)26-12-10-25(11-13-26)14-18(27)23-21(2,3)4/h6-9H,10-15H2,1-5H3,(H,22,29)(H,23,27)/p+1. The van der Waals surface area contributed by atoms with Crippen LogP contribution >= 0.6 is 12.2 Å². The van der Waals surface area contributed by atoms with E-state index in [1.54, 1.807) is 4.90 Å². The molecule has 1 aliphatic heterocycles. The molecule has 1 heterocycles. The van der Waals surface area contributed by atoms with Crippen molar-refractivity contribution in [3.05, 3.63) is 29.8 Å². The lowest BCUT2D eigenvalue weighted by atomic mass is 10.1. The number of thiocarbonyl (C=S) groups is 1. The molecular weight excluding hydrogens is 386 g/mol. The van der Waals surface area contributed by atoms with Gasteiger partial charge >= 0.3 is 0 Å². The van der Waals surface area contributed by atoms with Gasteiger partial charge in [-0.1, -0.05) is 18.2 Å². The van der Waals surface area contributed by atoms with Crippen molar-refractivity contribution in [3.63, 3.8) is 0 Å². The minimum atomic E-state index is -0.219. The van der Waals surface area contributed by atoms with Crippen LogP contribution in [0.1, 0.15) is 26.3 Å². The average molecular weight is 421 g/mol. The van der Waals surface area contributed by atoms with Gasteiger partial charge in [0.15, 0.2) is 11.7 Å². The van der Waals surface area contributed by atoms with E-state index >= 15 is 0 Å². The Labute approximate surface area is 179 Å². The first-order valence-corrected chi connectivity index (χ1v) is 10.5. The number of nitrogens with one attached hydrogen (secondary N) is 3. The number of quaternary nitrogens is 1. The quantitative estimate of drug-likeness (QED) is 0.597. The van der Waals surface area contributed by atoms with Crippen molar-refractivity contribution >= 4 is 34.8 Å². The molecule has 1 aromatic carbocycles. The van der Waals surface area contributed by atoms with E-state index < -0.39 is 0 Å². The molecule has 2 amide bonds. The van der Waals surface area contributed by atoms with Crippen molar-refractivity contribution in [1.82, 2.24) is 15.1 Å². The maximum absolute atomic E-state index is 12.7. The normalized spacial score (nSPS) is 15.0. The van der Waals surface area contributed by atoms with Crippen molar-refractivity contribution in [2.75, 3.05) is 51.6 Å². The molecule has 3 N–H and O–H groups in total. The Balaban J connectivity index is 1.76. The molecule has 7 nitrogen and oxygen atoms in total. The second-order valence-corrected chi connectivity index (χ2v) is 9.09. The number of nitrogens with zero attached hydrogens (tertiary/aromatic N) is 2. The Morgan fingerprint density at radius 3 is 2.41 bits per heavy atom. The Bertz CT molecular complexity index is 739. The number of amides is 2. The maximum atomic E-state index is 12.7. The molecule has 0 unspecified atom stereocenters. The van der Waals surface area contributed by atoms with Crippen LogP contribution in [0.25, 0.3) is 0 Å². The molecule has 0 aromatic heterocycles. The van der Waals surface area contributed by atoms with Crippen LogP contribution in [0.15, 0.2) is 24.3 Å². The van der Waals surface area contributed by atoms with E-state index in [-0.39, 0.29) is 23.9 Å². The number of aryl methyl sites for hydroxylation is 1. The number of hydrogen-bond acceptors (Lipinski definition) is 3. The first-order chi connectivity index (χ1) is 13.5. The summed E-state index contributed by atoms with van der Waals surface area (Å²) in [6.07, 6.45) is 0. The van der Waals surface area contributed by atoms with Crippen LogP contribution in [0.3, 0.4) is 0 Å². The van der Waals surface area contributed by atoms with Gasteiger partial charge < -0.3 is 25.3 Å².